The third kappa shape index (κ3) is 5.52. The summed E-state index contributed by atoms with van der Waals surface area (Å²) in [6, 6.07) is 17.5. The highest BCUT2D eigenvalue weighted by molar-refractivity contribution is 9.10. The fourth-order valence-corrected chi connectivity index (χ4v) is 3.33. The van der Waals surface area contributed by atoms with Crippen LogP contribution in [0, 0.1) is 0 Å². The molecule has 1 aliphatic rings. The summed E-state index contributed by atoms with van der Waals surface area (Å²) in [5.41, 5.74) is 1.80. The molecule has 1 heterocycles. The van der Waals surface area contributed by atoms with E-state index in [0.717, 1.165) is 47.1 Å². The van der Waals surface area contributed by atoms with Crippen molar-refractivity contribution in [3.63, 3.8) is 0 Å². The number of halogens is 1. The smallest absolute Gasteiger partial charge is 0.238 e. The van der Waals surface area contributed by atoms with Crippen LogP contribution in [0.25, 0.3) is 0 Å². The highest BCUT2D eigenvalue weighted by Gasteiger charge is 2.20. The Morgan fingerprint density at radius 3 is 2.19 bits per heavy atom. The van der Waals surface area contributed by atoms with Gasteiger partial charge in [-0.05, 0) is 48.6 Å². The highest BCUT2D eigenvalue weighted by atomic mass is 79.9. The van der Waals surface area contributed by atoms with Crippen LogP contribution in [-0.2, 0) is 4.79 Å². The molecule has 0 aliphatic carbocycles. The predicted octanol–water partition coefficient (Wildman–Crippen LogP) is 3.40. The summed E-state index contributed by atoms with van der Waals surface area (Å²) < 4.78 is 0.992. The maximum absolute atomic E-state index is 12.2. The van der Waals surface area contributed by atoms with E-state index in [1.54, 1.807) is 0 Å². The summed E-state index contributed by atoms with van der Waals surface area (Å²) in [7, 11) is 0. The van der Waals surface area contributed by atoms with Crippen LogP contribution in [0.2, 0.25) is 0 Å². The minimum Gasteiger partial charge on any atom is -0.346 e. The summed E-state index contributed by atoms with van der Waals surface area (Å²) >= 11 is 8.88. The predicted molar refractivity (Wildman–Crippen MR) is 113 cm³/mol. The Bertz CT molecular complexity index is 746. The van der Waals surface area contributed by atoms with Gasteiger partial charge in [0.25, 0.3) is 0 Å². The lowest BCUT2D eigenvalue weighted by atomic mass is 10.3. The number of anilines is 2. The summed E-state index contributed by atoms with van der Waals surface area (Å²) in [5, 5.41) is 6.92. The van der Waals surface area contributed by atoms with Crippen LogP contribution in [-0.4, -0.2) is 53.5 Å². The lowest BCUT2D eigenvalue weighted by molar-refractivity contribution is -0.117. The van der Waals surface area contributed by atoms with Crippen molar-refractivity contribution in [1.82, 2.24) is 9.80 Å². The molecule has 2 aromatic rings. The van der Waals surface area contributed by atoms with E-state index in [-0.39, 0.29) is 5.91 Å². The zero-order valence-electron chi connectivity index (χ0n) is 14.3. The minimum atomic E-state index is 0.00533. The third-order valence-electron chi connectivity index (χ3n) is 4.18. The number of carbonyl (C=O) groups is 1. The maximum atomic E-state index is 12.2. The monoisotopic (exact) mass is 432 g/mol. The van der Waals surface area contributed by atoms with Crippen LogP contribution in [0.4, 0.5) is 11.4 Å². The number of nitrogens with one attached hydrogen (secondary N) is 2. The number of hydrogen-bond donors (Lipinski definition) is 2. The van der Waals surface area contributed by atoms with Gasteiger partial charge in [-0.25, -0.2) is 0 Å². The van der Waals surface area contributed by atoms with Gasteiger partial charge in [-0.2, -0.15) is 0 Å². The van der Waals surface area contributed by atoms with Crippen molar-refractivity contribution in [2.75, 3.05) is 43.4 Å². The molecule has 1 fully saturated rings. The lowest BCUT2D eigenvalue weighted by Gasteiger charge is -2.35. The van der Waals surface area contributed by atoms with Crippen LogP contribution in [0.15, 0.2) is 59.1 Å². The number of para-hydroxylation sites is 1. The van der Waals surface area contributed by atoms with E-state index in [1.807, 2.05) is 54.6 Å². The van der Waals surface area contributed by atoms with E-state index in [4.69, 9.17) is 12.2 Å². The van der Waals surface area contributed by atoms with Crippen LogP contribution >= 0.6 is 28.1 Å². The number of amides is 1. The normalized spacial score (nSPS) is 14.7. The summed E-state index contributed by atoms with van der Waals surface area (Å²) in [6.45, 7) is 3.63. The van der Waals surface area contributed by atoms with Gasteiger partial charge in [0.2, 0.25) is 5.91 Å². The van der Waals surface area contributed by atoms with Gasteiger partial charge < -0.3 is 15.5 Å². The van der Waals surface area contributed by atoms with Crippen molar-refractivity contribution in [2.45, 2.75) is 0 Å². The molecule has 5 nitrogen and oxygen atoms in total. The third-order valence-corrected chi connectivity index (χ3v) is 5.07. The molecule has 0 radical (unpaired) electrons. The van der Waals surface area contributed by atoms with Crippen molar-refractivity contribution in [1.29, 1.82) is 0 Å². The summed E-state index contributed by atoms with van der Waals surface area (Å²) in [4.78, 5) is 16.5. The van der Waals surface area contributed by atoms with Crippen LogP contribution in [0.3, 0.4) is 0 Å². The fraction of sp³-hybridized carbons (Fsp3) is 0.263. The first-order valence-electron chi connectivity index (χ1n) is 8.49. The number of thiocarbonyl (C=S) groups is 1. The topological polar surface area (TPSA) is 47.6 Å². The standard InChI is InChI=1S/C19H21BrN4OS/c20-15-6-8-17(9-7-15)21-18(25)14-23-10-12-24(13-11-23)19(26)22-16-4-2-1-3-5-16/h1-9H,10-14H2,(H,21,25)(H,22,26). The number of carbonyl (C=O) groups excluding carboxylic acids is 1. The molecule has 1 amide bonds. The van der Waals surface area contributed by atoms with E-state index >= 15 is 0 Å². The van der Waals surface area contributed by atoms with Crippen molar-refractivity contribution >= 4 is 50.5 Å². The van der Waals surface area contributed by atoms with E-state index < -0.39 is 0 Å². The van der Waals surface area contributed by atoms with E-state index in [0.29, 0.717) is 6.54 Å². The molecule has 3 rings (SSSR count). The van der Waals surface area contributed by atoms with E-state index in [1.165, 1.54) is 0 Å². The first-order valence-corrected chi connectivity index (χ1v) is 9.69. The molecule has 26 heavy (non-hydrogen) atoms. The molecular formula is C19H21BrN4OS. The second-order valence-electron chi connectivity index (χ2n) is 6.11. The first kappa shape index (κ1) is 18.8. The number of hydrogen-bond acceptors (Lipinski definition) is 3. The molecule has 136 valence electrons. The van der Waals surface area contributed by atoms with Crippen molar-refractivity contribution < 1.29 is 4.79 Å². The molecule has 2 N–H and O–H groups in total. The highest BCUT2D eigenvalue weighted by Crippen LogP contribution is 2.14. The van der Waals surface area contributed by atoms with Gasteiger partial charge in [-0.1, -0.05) is 34.1 Å². The van der Waals surface area contributed by atoms with Crippen LogP contribution < -0.4 is 10.6 Å². The Kier molecular flexibility index (Phi) is 6.60. The first-order chi connectivity index (χ1) is 12.6. The average Bonchev–Trinajstić information content (AvgIpc) is 2.65. The second-order valence-corrected chi connectivity index (χ2v) is 7.42. The molecule has 0 aromatic heterocycles. The molecule has 0 atom stereocenters. The molecule has 0 unspecified atom stereocenters. The van der Waals surface area contributed by atoms with Gasteiger partial charge in [0.15, 0.2) is 5.11 Å². The molecule has 0 spiro atoms. The quantitative estimate of drug-likeness (QED) is 0.724. The van der Waals surface area contributed by atoms with Crippen molar-refractivity contribution in [2.24, 2.45) is 0 Å². The van der Waals surface area contributed by atoms with Crippen molar-refractivity contribution in [3.8, 4) is 0 Å². The number of nitrogens with zero attached hydrogens (tertiary/aromatic N) is 2. The van der Waals surface area contributed by atoms with E-state index in [2.05, 4.69) is 36.4 Å². The van der Waals surface area contributed by atoms with Crippen LogP contribution in [0.5, 0.6) is 0 Å². The second kappa shape index (κ2) is 9.12. The van der Waals surface area contributed by atoms with Crippen LogP contribution in [0.1, 0.15) is 0 Å². The Balaban J connectivity index is 1.42. The average molecular weight is 433 g/mol. The molecule has 1 aliphatic heterocycles. The van der Waals surface area contributed by atoms with Gasteiger partial charge in [-0.3, -0.25) is 9.69 Å². The summed E-state index contributed by atoms with van der Waals surface area (Å²) in [5.74, 6) is 0.00533. The minimum absolute atomic E-state index is 0.00533. The van der Waals surface area contributed by atoms with Gasteiger partial charge in [0.1, 0.15) is 0 Å². The van der Waals surface area contributed by atoms with Crippen molar-refractivity contribution in [3.05, 3.63) is 59.1 Å². The molecule has 0 bridgehead atoms. The fourth-order valence-electron chi connectivity index (χ4n) is 2.77. The zero-order valence-corrected chi connectivity index (χ0v) is 16.7. The lowest BCUT2D eigenvalue weighted by Crippen LogP contribution is -2.51. The van der Waals surface area contributed by atoms with Gasteiger partial charge in [0.05, 0.1) is 6.54 Å². The molecule has 1 saturated heterocycles. The Hall–Kier alpha value is -1.96. The Morgan fingerprint density at radius 1 is 0.923 bits per heavy atom. The molecule has 2 aromatic carbocycles. The number of benzene rings is 2. The summed E-state index contributed by atoms with van der Waals surface area (Å²) in [6.07, 6.45) is 0. The number of rotatable bonds is 4. The van der Waals surface area contributed by atoms with Gasteiger partial charge in [0, 0.05) is 42.0 Å². The maximum Gasteiger partial charge on any atom is 0.238 e. The zero-order chi connectivity index (χ0) is 18.4. The Labute approximate surface area is 167 Å². The Morgan fingerprint density at radius 2 is 1.54 bits per heavy atom. The van der Waals surface area contributed by atoms with Gasteiger partial charge >= 0.3 is 0 Å². The number of piperazine rings is 1. The van der Waals surface area contributed by atoms with E-state index in [9.17, 15) is 4.79 Å². The molecular weight excluding hydrogens is 412 g/mol. The molecule has 7 heteroatoms. The SMILES string of the molecule is O=C(CN1CCN(C(=S)Nc2ccccc2)CC1)Nc1ccc(Br)cc1. The molecule has 0 saturated carbocycles. The van der Waals surface area contributed by atoms with Gasteiger partial charge in [-0.15, -0.1) is 0 Å². The largest absolute Gasteiger partial charge is 0.346 e.